The molecule has 0 atom stereocenters. The van der Waals surface area contributed by atoms with Gasteiger partial charge in [-0.25, -0.2) is 0 Å². The lowest BCUT2D eigenvalue weighted by atomic mass is 10.2. The number of hydrogen-bond acceptors (Lipinski definition) is 8. The van der Waals surface area contributed by atoms with Gasteiger partial charge in [0.15, 0.2) is 5.16 Å². The lowest BCUT2D eigenvalue weighted by molar-refractivity contribution is -0.145. The molecule has 1 aromatic heterocycles. The minimum Gasteiger partial charge on any atom is -0.460 e. The van der Waals surface area contributed by atoms with Gasteiger partial charge in [0.1, 0.15) is 25.6 Å². The Hall–Kier alpha value is -3.59. The van der Waals surface area contributed by atoms with Crippen LogP contribution in [0.4, 0.5) is 5.82 Å². The minimum absolute atomic E-state index is 0.0526. The second-order valence-corrected chi connectivity index (χ2v) is 7.41. The van der Waals surface area contributed by atoms with E-state index in [9.17, 15) is 14.4 Å². The molecule has 2 N–H and O–H groups in total. The Labute approximate surface area is 183 Å². The number of thioether (sulfide) groups is 1. The summed E-state index contributed by atoms with van der Waals surface area (Å²) >= 11 is 0.965. The van der Waals surface area contributed by atoms with Crippen molar-refractivity contribution in [3.8, 4) is 0 Å². The van der Waals surface area contributed by atoms with Crippen LogP contribution in [0.1, 0.15) is 11.1 Å². The smallest absolute Gasteiger partial charge is 0.326 e. The van der Waals surface area contributed by atoms with Crippen LogP contribution in [0.2, 0.25) is 0 Å². The quantitative estimate of drug-likeness (QED) is 0.307. The van der Waals surface area contributed by atoms with E-state index in [1.54, 1.807) is 0 Å². The third kappa shape index (κ3) is 7.00. The van der Waals surface area contributed by atoms with E-state index >= 15 is 0 Å². The Morgan fingerprint density at radius 2 is 1.45 bits per heavy atom. The van der Waals surface area contributed by atoms with Gasteiger partial charge in [-0.3, -0.25) is 19.0 Å². The number of rotatable bonds is 9. The number of carbonyl (C=O) groups excluding carboxylic acids is 2. The molecule has 160 valence electrons. The topological polar surface area (TPSA) is 114 Å². The molecular formula is C22H21N3O5S. The molecule has 31 heavy (non-hydrogen) atoms. The van der Waals surface area contributed by atoms with Gasteiger partial charge < -0.3 is 15.2 Å². The monoisotopic (exact) mass is 439 g/mol. The van der Waals surface area contributed by atoms with Gasteiger partial charge >= 0.3 is 11.9 Å². The van der Waals surface area contributed by atoms with Gasteiger partial charge in [0.2, 0.25) is 0 Å². The molecule has 1 heterocycles. The maximum Gasteiger partial charge on any atom is 0.326 e. The van der Waals surface area contributed by atoms with Crippen LogP contribution in [0.5, 0.6) is 0 Å². The summed E-state index contributed by atoms with van der Waals surface area (Å²) in [4.78, 5) is 40.0. The van der Waals surface area contributed by atoms with E-state index < -0.39 is 17.5 Å². The van der Waals surface area contributed by atoms with Gasteiger partial charge in [0.25, 0.3) is 5.56 Å². The van der Waals surface area contributed by atoms with E-state index in [2.05, 4.69) is 4.98 Å². The van der Waals surface area contributed by atoms with E-state index in [0.717, 1.165) is 29.0 Å². The molecule has 0 saturated carbocycles. The molecular weight excluding hydrogens is 418 g/mol. The van der Waals surface area contributed by atoms with Crippen LogP contribution in [0.3, 0.4) is 0 Å². The molecule has 0 saturated heterocycles. The number of esters is 2. The van der Waals surface area contributed by atoms with Crippen LogP contribution in [-0.4, -0.2) is 27.2 Å². The Kier molecular flexibility index (Phi) is 7.83. The summed E-state index contributed by atoms with van der Waals surface area (Å²) in [6.07, 6.45) is 0. The number of nitrogen functional groups attached to an aromatic ring is 1. The normalized spacial score (nSPS) is 10.5. The number of carbonyl (C=O) groups is 2. The molecule has 0 radical (unpaired) electrons. The highest BCUT2D eigenvalue weighted by Crippen LogP contribution is 2.18. The average Bonchev–Trinajstić information content (AvgIpc) is 2.78. The zero-order valence-electron chi connectivity index (χ0n) is 16.6. The average molecular weight is 439 g/mol. The first kappa shape index (κ1) is 22.1. The molecule has 0 spiro atoms. The molecule has 2 aromatic carbocycles. The number of nitrogens with two attached hydrogens (primary N) is 1. The molecule has 9 heteroatoms. The van der Waals surface area contributed by atoms with Crippen molar-refractivity contribution >= 4 is 29.5 Å². The summed E-state index contributed by atoms with van der Waals surface area (Å²) in [5.41, 5.74) is 7.05. The van der Waals surface area contributed by atoms with Crippen molar-refractivity contribution in [1.29, 1.82) is 0 Å². The van der Waals surface area contributed by atoms with Gasteiger partial charge in [-0.15, -0.1) is 0 Å². The Balaban J connectivity index is 1.59. The molecule has 0 aliphatic carbocycles. The lowest BCUT2D eigenvalue weighted by Crippen LogP contribution is -2.23. The summed E-state index contributed by atoms with van der Waals surface area (Å²) < 4.78 is 11.8. The van der Waals surface area contributed by atoms with Crippen molar-refractivity contribution in [2.75, 3.05) is 11.5 Å². The molecule has 0 aliphatic heterocycles. The number of nitrogens with zero attached hydrogens (tertiary/aromatic N) is 2. The fourth-order valence-electron chi connectivity index (χ4n) is 2.59. The molecule has 0 amide bonds. The first-order valence-corrected chi connectivity index (χ1v) is 10.4. The van der Waals surface area contributed by atoms with Gasteiger partial charge in [-0.1, -0.05) is 72.4 Å². The Morgan fingerprint density at radius 3 is 2.03 bits per heavy atom. The number of anilines is 1. The van der Waals surface area contributed by atoms with Crippen LogP contribution in [0.15, 0.2) is 76.7 Å². The molecule has 8 nitrogen and oxygen atoms in total. The van der Waals surface area contributed by atoms with E-state index in [0.29, 0.717) is 0 Å². The van der Waals surface area contributed by atoms with E-state index in [4.69, 9.17) is 15.2 Å². The molecule has 0 aliphatic rings. The van der Waals surface area contributed by atoms with Crippen LogP contribution >= 0.6 is 11.8 Å². The highest BCUT2D eigenvalue weighted by Gasteiger charge is 2.15. The second-order valence-electron chi connectivity index (χ2n) is 6.47. The van der Waals surface area contributed by atoms with Crippen LogP contribution in [0.25, 0.3) is 0 Å². The van der Waals surface area contributed by atoms with Gasteiger partial charge in [0.05, 0.1) is 5.75 Å². The highest BCUT2D eigenvalue weighted by atomic mass is 32.2. The summed E-state index contributed by atoms with van der Waals surface area (Å²) in [5.74, 6) is -1.07. The van der Waals surface area contributed by atoms with Crippen LogP contribution in [0, 0.1) is 0 Å². The van der Waals surface area contributed by atoms with Crippen LogP contribution < -0.4 is 11.3 Å². The van der Waals surface area contributed by atoms with Crippen molar-refractivity contribution in [1.82, 2.24) is 9.55 Å². The molecule has 3 aromatic rings. The molecule has 3 rings (SSSR count). The van der Waals surface area contributed by atoms with Crippen LogP contribution in [-0.2, 0) is 38.8 Å². The van der Waals surface area contributed by atoms with E-state index in [1.807, 2.05) is 60.7 Å². The van der Waals surface area contributed by atoms with Gasteiger partial charge in [0, 0.05) is 6.07 Å². The molecule has 0 unspecified atom stereocenters. The van der Waals surface area contributed by atoms with Crippen molar-refractivity contribution in [3.63, 3.8) is 0 Å². The lowest BCUT2D eigenvalue weighted by Gasteiger charge is -2.14. The van der Waals surface area contributed by atoms with E-state index in [-0.39, 0.29) is 36.5 Å². The SMILES string of the molecule is Nc1cc(=O)nc(SCC(=O)OCc2ccccc2)n1CC(=O)OCc1ccccc1. The van der Waals surface area contributed by atoms with Gasteiger partial charge in [-0.05, 0) is 11.1 Å². The number of ether oxygens (including phenoxy) is 2. The second kappa shape index (κ2) is 11.0. The largest absolute Gasteiger partial charge is 0.460 e. The standard InChI is InChI=1S/C22H21N3O5S/c23-18-11-19(26)24-22(31-15-21(28)30-14-17-9-5-2-6-10-17)25(18)12-20(27)29-13-16-7-3-1-4-8-16/h1-11H,12-15,23H2. The molecule has 0 bridgehead atoms. The first-order chi connectivity index (χ1) is 15.0. The maximum atomic E-state index is 12.3. The maximum absolute atomic E-state index is 12.3. The zero-order chi connectivity index (χ0) is 22.1. The summed E-state index contributed by atoms with van der Waals surface area (Å²) in [7, 11) is 0. The fourth-order valence-corrected chi connectivity index (χ4v) is 3.40. The predicted octanol–water partition coefficient (Wildman–Crippen LogP) is 2.40. The van der Waals surface area contributed by atoms with E-state index in [1.165, 1.54) is 4.57 Å². The third-order valence-electron chi connectivity index (χ3n) is 4.11. The van der Waals surface area contributed by atoms with Crippen molar-refractivity contribution in [3.05, 3.63) is 88.2 Å². The molecule has 0 fully saturated rings. The predicted molar refractivity (Wildman–Crippen MR) is 116 cm³/mol. The van der Waals surface area contributed by atoms with Gasteiger partial charge in [-0.2, -0.15) is 4.98 Å². The van der Waals surface area contributed by atoms with Crippen molar-refractivity contribution < 1.29 is 19.1 Å². The highest BCUT2D eigenvalue weighted by molar-refractivity contribution is 7.99. The van der Waals surface area contributed by atoms with Crippen molar-refractivity contribution in [2.45, 2.75) is 24.9 Å². The zero-order valence-corrected chi connectivity index (χ0v) is 17.4. The number of aromatic nitrogens is 2. The summed E-state index contributed by atoms with van der Waals surface area (Å²) in [5, 5.41) is 0.137. The minimum atomic E-state index is -0.563. The number of benzene rings is 2. The third-order valence-corrected chi connectivity index (χ3v) is 5.06. The summed E-state index contributed by atoms with van der Waals surface area (Å²) in [6.45, 7) is 0.0119. The van der Waals surface area contributed by atoms with Crippen molar-refractivity contribution in [2.24, 2.45) is 0 Å². The Bertz CT molecular complexity index is 1090. The first-order valence-electron chi connectivity index (χ1n) is 9.40. The Morgan fingerprint density at radius 1 is 0.903 bits per heavy atom. The number of hydrogen-bond donors (Lipinski definition) is 1. The fraction of sp³-hybridized carbons (Fsp3) is 0.182. The summed E-state index contributed by atoms with van der Waals surface area (Å²) in [6, 6.07) is 19.6.